The Bertz CT molecular complexity index is 401. The van der Waals surface area contributed by atoms with Crippen LogP contribution >= 0.6 is 11.8 Å². The van der Waals surface area contributed by atoms with E-state index in [1.807, 2.05) is 0 Å². The molecule has 0 radical (unpaired) electrons. The Labute approximate surface area is 114 Å². The molecular weight excluding hydrogens is 240 g/mol. The van der Waals surface area contributed by atoms with Gasteiger partial charge in [-0.05, 0) is 37.3 Å². The molecule has 1 fully saturated rings. The van der Waals surface area contributed by atoms with Gasteiger partial charge in [0.1, 0.15) is 0 Å². The van der Waals surface area contributed by atoms with Crippen LogP contribution in [0, 0.1) is 0 Å². The molecule has 2 aliphatic rings. The summed E-state index contributed by atoms with van der Waals surface area (Å²) < 4.78 is 0. The first-order valence-electron chi connectivity index (χ1n) is 6.95. The molecule has 0 bridgehead atoms. The smallest absolute Gasteiger partial charge is 0.0376 e. The molecule has 1 N–H and O–H groups in total. The Morgan fingerprint density at radius 3 is 3.06 bits per heavy atom. The Morgan fingerprint density at radius 1 is 1.33 bits per heavy atom. The Kier molecular flexibility index (Phi) is 3.80. The summed E-state index contributed by atoms with van der Waals surface area (Å²) >= 11 is 2.10. The number of likely N-dealkylation sites (N-methyl/N-ethyl adjacent to an activating group) is 1. The van der Waals surface area contributed by atoms with Gasteiger partial charge in [0.05, 0.1) is 0 Å². The molecule has 2 aliphatic heterocycles. The van der Waals surface area contributed by atoms with Crippen molar-refractivity contribution in [3.8, 4) is 0 Å². The number of thioether (sulfide) groups is 1. The molecule has 2 nitrogen and oxygen atoms in total. The van der Waals surface area contributed by atoms with E-state index in [4.69, 9.17) is 0 Å². The second-order valence-electron chi connectivity index (χ2n) is 5.46. The van der Waals surface area contributed by atoms with E-state index in [0.29, 0.717) is 5.92 Å². The van der Waals surface area contributed by atoms with Crippen molar-refractivity contribution in [2.75, 3.05) is 37.0 Å². The molecule has 98 valence electrons. The predicted octanol–water partition coefficient (Wildman–Crippen LogP) is 3.02. The lowest BCUT2D eigenvalue weighted by atomic mass is 9.90. The minimum Gasteiger partial charge on any atom is -0.385 e. The van der Waals surface area contributed by atoms with Gasteiger partial charge in [-0.3, -0.25) is 0 Å². The maximum atomic E-state index is 3.51. The fourth-order valence-corrected chi connectivity index (χ4v) is 4.41. The van der Waals surface area contributed by atoms with Gasteiger partial charge in [-0.1, -0.05) is 18.2 Å². The first-order valence-corrected chi connectivity index (χ1v) is 8.11. The molecule has 3 heteroatoms. The van der Waals surface area contributed by atoms with Gasteiger partial charge in [-0.25, -0.2) is 0 Å². The van der Waals surface area contributed by atoms with Gasteiger partial charge in [0.2, 0.25) is 0 Å². The van der Waals surface area contributed by atoms with Gasteiger partial charge in [0.15, 0.2) is 0 Å². The van der Waals surface area contributed by atoms with Crippen LogP contribution in [0.25, 0.3) is 0 Å². The van der Waals surface area contributed by atoms with Crippen molar-refractivity contribution < 1.29 is 0 Å². The third-order valence-electron chi connectivity index (χ3n) is 4.25. The van der Waals surface area contributed by atoms with Crippen molar-refractivity contribution in [2.45, 2.75) is 24.8 Å². The molecule has 2 heterocycles. The highest BCUT2D eigenvalue weighted by molar-refractivity contribution is 7.99. The van der Waals surface area contributed by atoms with E-state index in [1.165, 1.54) is 42.1 Å². The minimum absolute atomic E-state index is 0.707. The van der Waals surface area contributed by atoms with E-state index in [-0.39, 0.29) is 0 Å². The van der Waals surface area contributed by atoms with Crippen LogP contribution < -0.4 is 5.32 Å². The highest BCUT2D eigenvalue weighted by Gasteiger charge is 2.25. The maximum Gasteiger partial charge on any atom is 0.0376 e. The average molecular weight is 262 g/mol. The third kappa shape index (κ3) is 2.52. The summed E-state index contributed by atoms with van der Waals surface area (Å²) in [7, 11) is 2.31. The van der Waals surface area contributed by atoms with E-state index >= 15 is 0 Å². The molecule has 0 saturated carbocycles. The number of nitrogens with one attached hydrogen (secondary N) is 1. The molecule has 2 unspecified atom stereocenters. The summed E-state index contributed by atoms with van der Waals surface area (Å²) in [6, 6.07) is 9.61. The molecule has 0 aliphatic carbocycles. The number of para-hydroxylation sites is 1. The number of rotatable bonds is 3. The van der Waals surface area contributed by atoms with Crippen molar-refractivity contribution in [1.29, 1.82) is 0 Å². The van der Waals surface area contributed by atoms with Gasteiger partial charge in [0, 0.05) is 36.5 Å². The van der Waals surface area contributed by atoms with Gasteiger partial charge >= 0.3 is 0 Å². The van der Waals surface area contributed by atoms with E-state index < -0.39 is 0 Å². The number of fused-ring (bicyclic) bond motifs is 1. The van der Waals surface area contributed by atoms with Gasteiger partial charge in [-0.2, -0.15) is 11.8 Å². The molecule has 0 spiro atoms. The molecule has 1 saturated heterocycles. The average Bonchev–Trinajstić information content (AvgIpc) is 2.93. The zero-order chi connectivity index (χ0) is 12.4. The standard InChI is InChI=1S/C15H22N2S/c1-17(13-7-9-18-11-13)10-12-6-8-16-15-5-3-2-4-14(12)15/h2-5,12-13,16H,6-11H2,1H3. The summed E-state index contributed by atoms with van der Waals surface area (Å²) in [6.07, 6.45) is 2.63. The first kappa shape index (κ1) is 12.4. The van der Waals surface area contributed by atoms with Gasteiger partial charge in [0.25, 0.3) is 0 Å². The van der Waals surface area contributed by atoms with Crippen molar-refractivity contribution in [1.82, 2.24) is 4.90 Å². The minimum atomic E-state index is 0.707. The van der Waals surface area contributed by atoms with E-state index in [9.17, 15) is 0 Å². The second-order valence-corrected chi connectivity index (χ2v) is 6.61. The zero-order valence-electron chi connectivity index (χ0n) is 11.1. The molecule has 0 aromatic heterocycles. The van der Waals surface area contributed by atoms with Crippen LogP contribution in [-0.4, -0.2) is 42.6 Å². The summed E-state index contributed by atoms with van der Waals surface area (Å²) in [6.45, 7) is 2.33. The SMILES string of the molecule is CN(CC1CCNc2ccccc21)C1CCSC1. The quantitative estimate of drug-likeness (QED) is 0.901. The lowest BCUT2D eigenvalue weighted by molar-refractivity contribution is 0.242. The van der Waals surface area contributed by atoms with Crippen molar-refractivity contribution >= 4 is 17.4 Å². The van der Waals surface area contributed by atoms with Crippen LogP contribution in [0.1, 0.15) is 24.3 Å². The molecular formula is C15H22N2S. The fourth-order valence-electron chi connectivity index (χ4n) is 3.11. The number of hydrogen-bond donors (Lipinski definition) is 1. The van der Waals surface area contributed by atoms with Crippen molar-refractivity contribution in [3.05, 3.63) is 29.8 Å². The van der Waals surface area contributed by atoms with Crippen LogP contribution in [0.5, 0.6) is 0 Å². The normalized spacial score (nSPS) is 27.0. The predicted molar refractivity (Wildman–Crippen MR) is 80.6 cm³/mol. The van der Waals surface area contributed by atoms with Crippen molar-refractivity contribution in [3.63, 3.8) is 0 Å². The summed E-state index contributed by atoms with van der Waals surface area (Å²) in [5.74, 6) is 3.37. The van der Waals surface area contributed by atoms with Crippen molar-refractivity contribution in [2.24, 2.45) is 0 Å². The Balaban J connectivity index is 1.70. The molecule has 1 aromatic carbocycles. The molecule has 1 aromatic rings. The van der Waals surface area contributed by atoms with E-state index in [0.717, 1.165) is 12.6 Å². The van der Waals surface area contributed by atoms with Crippen LogP contribution in [0.4, 0.5) is 5.69 Å². The first-order chi connectivity index (χ1) is 8.84. The number of hydrogen-bond acceptors (Lipinski definition) is 3. The lowest BCUT2D eigenvalue weighted by Gasteiger charge is -2.32. The van der Waals surface area contributed by atoms with E-state index in [1.54, 1.807) is 0 Å². The third-order valence-corrected chi connectivity index (χ3v) is 5.39. The highest BCUT2D eigenvalue weighted by atomic mass is 32.2. The van der Waals surface area contributed by atoms with Crippen LogP contribution in [-0.2, 0) is 0 Å². The highest BCUT2D eigenvalue weighted by Crippen LogP contribution is 2.33. The molecule has 0 amide bonds. The topological polar surface area (TPSA) is 15.3 Å². The largest absolute Gasteiger partial charge is 0.385 e. The summed E-state index contributed by atoms with van der Waals surface area (Å²) in [5.41, 5.74) is 2.86. The lowest BCUT2D eigenvalue weighted by Crippen LogP contribution is -2.36. The fraction of sp³-hybridized carbons (Fsp3) is 0.600. The summed E-state index contributed by atoms with van der Waals surface area (Å²) in [5, 5.41) is 3.51. The summed E-state index contributed by atoms with van der Waals surface area (Å²) in [4.78, 5) is 2.59. The monoisotopic (exact) mass is 262 g/mol. The Morgan fingerprint density at radius 2 is 2.22 bits per heavy atom. The van der Waals surface area contributed by atoms with Crippen LogP contribution in [0.2, 0.25) is 0 Å². The number of benzene rings is 1. The number of anilines is 1. The van der Waals surface area contributed by atoms with Gasteiger partial charge < -0.3 is 10.2 Å². The Hall–Kier alpha value is -0.670. The van der Waals surface area contributed by atoms with Crippen LogP contribution in [0.3, 0.4) is 0 Å². The van der Waals surface area contributed by atoms with Crippen LogP contribution in [0.15, 0.2) is 24.3 Å². The molecule has 18 heavy (non-hydrogen) atoms. The zero-order valence-corrected chi connectivity index (χ0v) is 11.9. The molecule has 3 rings (SSSR count). The number of nitrogens with zero attached hydrogens (tertiary/aromatic N) is 1. The van der Waals surface area contributed by atoms with E-state index in [2.05, 4.69) is 53.3 Å². The maximum absolute atomic E-state index is 3.51. The molecule has 2 atom stereocenters. The second kappa shape index (κ2) is 5.54. The van der Waals surface area contributed by atoms with Gasteiger partial charge in [-0.15, -0.1) is 0 Å².